The predicted octanol–water partition coefficient (Wildman–Crippen LogP) is 3.38. The van der Waals surface area contributed by atoms with Crippen molar-refractivity contribution in [1.82, 2.24) is 0 Å². The number of hydrogen-bond donors (Lipinski definition) is 0. The molecule has 0 saturated carbocycles. The highest BCUT2D eigenvalue weighted by atomic mass is 79.9. The van der Waals surface area contributed by atoms with E-state index in [9.17, 15) is 8.42 Å². The third kappa shape index (κ3) is 3.05. The van der Waals surface area contributed by atoms with Gasteiger partial charge >= 0.3 is 0 Å². The summed E-state index contributed by atoms with van der Waals surface area (Å²) in [6, 6.07) is 3.85. The van der Waals surface area contributed by atoms with E-state index < -0.39 is 15.1 Å². The fourth-order valence-electron chi connectivity index (χ4n) is 0.925. The van der Waals surface area contributed by atoms with Gasteiger partial charge in [0.15, 0.2) is 9.84 Å². The number of hydrogen-bond acceptors (Lipinski definition) is 3. The van der Waals surface area contributed by atoms with E-state index in [1.807, 2.05) is 12.1 Å². The molecule has 1 aromatic heterocycles. The standard InChI is InChI=1S/C8H10Br2O2S2/c1-5(14(2,11)12)8(10)6-3-4-7(9)13-6/h3-5,8H,1-2H3. The summed E-state index contributed by atoms with van der Waals surface area (Å²) in [5, 5.41) is -0.409. The average Bonchev–Trinajstić information content (AvgIpc) is 2.47. The lowest BCUT2D eigenvalue weighted by atomic mass is 10.3. The van der Waals surface area contributed by atoms with Gasteiger partial charge in [0.05, 0.1) is 13.9 Å². The number of halogens is 2. The van der Waals surface area contributed by atoms with Crippen molar-refractivity contribution >= 4 is 53.0 Å². The minimum atomic E-state index is -3.00. The molecule has 2 nitrogen and oxygen atoms in total. The van der Waals surface area contributed by atoms with E-state index in [0.717, 1.165) is 8.66 Å². The molecule has 6 heteroatoms. The maximum atomic E-state index is 11.3. The van der Waals surface area contributed by atoms with Crippen LogP contribution in [0.1, 0.15) is 16.6 Å². The smallest absolute Gasteiger partial charge is 0.151 e. The zero-order valence-corrected chi connectivity index (χ0v) is 12.5. The molecule has 80 valence electrons. The third-order valence-corrected chi connectivity index (χ3v) is 7.22. The summed E-state index contributed by atoms with van der Waals surface area (Å²) in [6.07, 6.45) is 1.26. The van der Waals surface area contributed by atoms with Crippen molar-refractivity contribution in [3.05, 3.63) is 20.8 Å². The van der Waals surface area contributed by atoms with E-state index >= 15 is 0 Å². The van der Waals surface area contributed by atoms with Crippen LogP contribution in [0.3, 0.4) is 0 Å². The van der Waals surface area contributed by atoms with E-state index in [1.54, 1.807) is 18.3 Å². The van der Waals surface area contributed by atoms with Crippen LogP contribution in [0.4, 0.5) is 0 Å². The summed E-state index contributed by atoms with van der Waals surface area (Å²) in [4.78, 5) is 0.892. The molecule has 0 spiro atoms. The predicted molar refractivity (Wildman–Crippen MR) is 68.0 cm³/mol. The van der Waals surface area contributed by atoms with Crippen molar-refractivity contribution in [2.45, 2.75) is 17.0 Å². The van der Waals surface area contributed by atoms with Gasteiger partial charge in [0.25, 0.3) is 0 Å². The van der Waals surface area contributed by atoms with Gasteiger partial charge in [-0.2, -0.15) is 0 Å². The maximum absolute atomic E-state index is 11.3. The first-order chi connectivity index (χ1) is 6.32. The van der Waals surface area contributed by atoms with Crippen molar-refractivity contribution in [2.24, 2.45) is 0 Å². The molecule has 1 rings (SSSR count). The van der Waals surface area contributed by atoms with Crippen LogP contribution in [0.5, 0.6) is 0 Å². The molecule has 1 heterocycles. The molecule has 2 atom stereocenters. The van der Waals surface area contributed by atoms with Gasteiger partial charge < -0.3 is 0 Å². The zero-order valence-electron chi connectivity index (χ0n) is 7.70. The fraction of sp³-hybridized carbons (Fsp3) is 0.500. The minimum Gasteiger partial charge on any atom is -0.229 e. The Morgan fingerprint density at radius 3 is 2.36 bits per heavy atom. The second-order valence-corrected chi connectivity index (χ2v) is 8.96. The summed E-state index contributed by atoms with van der Waals surface area (Å²) in [5.74, 6) is 0. The van der Waals surface area contributed by atoms with Crippen LogP contribution in [-0.4, -0.2) is 19.9 Å². The first-order valence-corrected chi connectivity index (χ1v) is 8.38. The topological polar surface area (TPSA) is 34.1 Å². The fourth-order valence-corrected chi connectivity index (χ4v) is 4.71. The Kier molecular flexibility index (Phi) is 4.20. The van der Waals surface area contributed by atoms with Crippen molar-refractivity contribution in [3.8, 4) is 0 Å². The number of thiophene rings is 1. The molecule has 0 bridgehead atoms. The molecule has 0 N–H and O–H groups in total. The quantitative estimate of drug-likeness (QED) is 0.773. The molecule has 0 saturated heterocycles. The van der Waals surface area contributed by atoms with Gasteiger partial charge in [-0.05, 0) is 35.0 Å². The lowest BCUT2D eigenvalue weighted by Crippen LogP contribution is -2.20. The van der Waals surface area contributed by atoms with Gasteiger partial charge in [0.2, 0.25) is 0 Å². The van der Waals surface area contributed by atoms with Gasteiger partial charge in [0, 0.05) is 11.1 Å². The third-order valence-electron chi connectivity index (χ3n) is 1.95. The van der Waals surface area contributed by atoms with Crippen LogP contribution >= 0.6 is 43.2 Å². The molecule has 0 fully saturated rings. The van der Waals surface area contributed by atoms with Crippen molar-refractivity contribution < 1.29 is 8.42 Å². The molecule has 2 unspecified atom stereocenters. The Labute approximate surface area is 105 Å². The van der Waals surface area contributed by atoms with Gasteiger partial charge in [-0.1, -0.05) is 15.9 Å². The molecular formula is C8H10Br2O2S2. The normalized spacial score (nSPS) is 16.6. The molecule has 1 aromatic rings. The van der Waals surface area contributed by atoms with Crippen molar-refractivity contribution in [2.75, 3.05) is 6.26 Å². The SMILES string of the molecule is CC(C(Br)c1ccc(Br)s1)S(C)(=O)=O. The summed E-state index contributed by atoms with van der Waals surface area (Å²) in [5.41, 5.74) is 0. The van der Waals surface area contributed by atoms with E-state index in [-0.39, 0.29) is 4.83 Å². The highest BCUT2D eigenvalue weighted by Crippen LogP contribution is 2.36. The average molecular weight is 362 g/mol. The molecule has 14 heavy (non-hydrogen) atoms. The van der Waals surface area contributed by atoms with Gasteiger partial charge in [-0.15, -0.1) is 11.3 Å². The first kappa shape index (κ1) is 12.7. The van der Waals surface area contributed by atoms with Gasteiger partial charge in [-0.3, -0.25) is 0 Å². The second kappa shape index (κ2) is 4.63. The molecule has 0 radical (unpaired) electrons. The Morgan fingerprint density at radius 1 is 1.43 bits per heavy atom. The molecular weight excluding hydrogens is 352 g/mol. The molecule has 0 aliphatic heterocycles. The van der Waals surface area contributed by atoms with E-state index in [2.05, 4.69) is 31.9 Å². The Hall–Kier alpha value is 0.610. The summed E-state index contributed by atoms with van der Waals surface area (Å²) in [6.45, 7) is 1.71. The van der Waals surface area contributed by atoms with E-state index in [0.29, 0.717) is 0 Å². The molecule has 0 aliphatic rings. The molecule has 0 amide bonds. The van der Waals surface area contributed by atoms with Gasteiger partial charge in [0.1, 0.15) is 0 Å². The summed E-state index contributed by atoms with van der Waals surface area (Å²) in [7, 11) is -3.00. The summed E-state index contributed by atoms with van der Waals surface area (Å²) >= 11 is 8.30. The van der Waals surface area contributed by atoms with Crippen LogP contribution in [0.25, 0.3) is 0 Å². The maximum Gasteiger partial charge on any atom is 0.151 e. The summed E-state index contributed by atoms with van der Waals surface area (Å²) < 4.78 is 23.6. The Bertz CT molecular complexity index is 411. The zero-order chi connectivity index (χ0) is 10.9. The van der Waals surface area contributed by atoms with Crippen LogP contribution in [0, 0.1) is 0 Å². The Morgan fingerprint density at radius 2 is 2.00 bits per heavy atom. The highest BCUT2D eigenvalue weighted by molar-refractivity contribution is 9.11. The highest BCUT2D eigenvalue weighted by Gasteiger charge is 2.25. The number of sulfone groups is 1. The molecule has 0 aliphatic carbocycles. The van der Waals surface area contributed by atoms with Crippen LogP contribution in [-0.2, 0) is 9.84 Å². The Balaban J connectivity index is 2.91. The van der Waals surface area contributed by atoms with Crippen molar-refractivity contribution in [1.29, 1.82) is 0 Å². The molecule has 0 aromatic carbocycles. The lowest BCUT2D eigenvalue weighted by molar-refractivity contribution is 0.589. The largest absolute Gasteiger partial charge is 0.229 e. The van der Waals surface area contributed by atoms with E-state index in [4.69, 9.17) is 0 Å². The number of alkyl halides is 1. The minimum absolute atomic E-state index is 0.131. The first-order valence-electron chi connectivity index (χ1n) is 3.90. The van der Waals surface area contributed by atoms with Crippen LogP contribution < -0.4 is 0 Å². The van der Waals surface area contributed by atoms with Crippen LogP contribution in [0.15, 0.2) is 15.9 Å². The second-order valence-electron chi connectivity index (χ2n) is 3.08. The van der Waals surface area contributed by atoms with E-state index in [1.165, 1.54) is 6.26 Å². The monoisotopic (exact) mass is 360 g/mol. The van der Waals surface area contributed by atoms with Crippen LogP contribution in [0.2, 0.25) is 0 Å². The number of rotatable bonds is 3. The lowest BCUT2D eigenvalue weighted by Gasteiger charge is -2.14. The van der Waals surface area contributed by atoms with Crippen molar-refractivity contribution in [3.63, 3.8) is 0 Å². The van der Waals surface area contributed by atoms with Gasteiger partial charge in [-0.25, -0.2) is 8.42 Å².